The zero-order chi connectivity index (χ0) is 16.1. The standard InChI is InChI=1S/C17H15Cl2N3O/c1-22-8-9(7-20-22)17(23)21-13-4-2-3-10-11-5-6-12(14(10)13)15(11)16(18)19/h2-4,7-8,11-12H,5-6H2,1H3,(H,21,23). The highest BCUT2D eigenvalue weighted by atomic mass is 35.5. The van der Waals surface area contributed by atoms with Gasteiger partial charge in [-0.2, -0.15) is 5.10 Å². The van der Waals surface area contributed by atoms with E-state index in [4.69, 9.17) is 23.2 Å². The summed E-state index contributed by atoms with van der Waals surface area (Å²) in [4.78, 5) is 12.4. The highest BCUT2D eigenvalue weighted by molar-refractivity contribution is 6.56. The summed E-state index contributed by atoms with van der Waals surface area (Å²) in [6.07, 6.45) is 5.35. The quantitative estimate of drug-likeness (QED) is 0.878. The van der Waals surface area contributed by atoms with E-state index in [0.29, 0.717) is 10.1 Å². The first-order valence-electron chi connectivity index (χ1n) is 7.54. The van der Waals surface area contributed by atoms with Crippen LogP contribution in [0.2, 0.25) is 0 Å². The monoisotopic (exact) mass is 347 g/mol. The van der Waals surface area contributed by atoms with Gasteiger partial charge in [-0.1, -0.05) is 35.3 Å². The van der Waals surface area contributed by atoms with Crippen molar-refractivity contribution in [1.82, 2.24) is 9.78 Å². The Kier molecular flexibility index (Phi) is 3.47. The molecule has 0 saturated heterocycles. The van der Waals surface area contributed by atoms with E-state index in [0.717, 1.165) is 29.7 Å². The van der Waals surface area contributed by atoms with Crippen molar-refractivity contribution < 1.29 is 4.79 Å². The third-order valence-corrected chi connectivity index (χ3v) is 5.23. The van der Waals surface area contributed by atoms with Crippen molar-refractivity contribution in [3.63, 3.8) is 0 Å². The summed E-state index contributed by atoms with van der Waals surface area (Å²) in [7, 11) is 1.79. The van der Waals surface area contributed by atoms with Gasteiger partial charge in [0, 0.05) is 30.8 Å². The Bertz CT molecular complexity index is 836. The van der Waals surface area contributed by atoms with Crippen molar-refractivity contribution in [3.8, 4) is 0 Å². The van der Waals surface area contributed by atoms with Gasteiger partial charge in [-0.3, -0.25) is 9.48 Å². The molecule has 0 aliphatic heterocycles. The summed E-state index contributed by atoms with van der Waals surface area (Å²) in [5.41, 5.74) is 4.88. The zero-order valence-electron chi connectivity index (χ0n) is 12.5. The molecular formula is C17H15Cl2N3O. The van der Waals surface area contributed by atoms with E-state index >= 15 is 0 Å². The number of hydrogen-bond donors (Lipinski definition) is 1. The van der Waals surface area contributed by atoms with Crippen molar-refractivity contribution in [3.05, 3.63) is 57.3 Å². The summed E-state index contributed by atoms with van der Waals surface area (Å²) in [6.45, 7) is 0. The van der Waals surface area contributed by atoms with Crippen LogP contribution in [0.25, 0.3) is 0 Å². The average Bonchev–Trinajstić information content (AvgIpc) is 3.20. The predicted octanol–water partition coefficient (Wildman–Crippen LogP) is 4.34. The highest BCUT2D eigenvalue weighted by Gasteiger charge is 2.44. The molecule has 4 nitrogen and oxygen atoms in total. The zero-order valence-corrected chi connectivity index (χ0v) is 14.0. The van der Waals surface area contributed by atoms with Gasteiger partial charge in [-0.05, 0) is 35.6 Å². The van der Waals surface area contributed by atoms with E-state index < -0.39 is 0 Å². The molecule has 0 spiro atoms. The first kappa shape index (κ1) is 14.8. The van der Waals surface area contributed by atoms with Gasteiger partial charge in [0.25, 0.3) is 5.91 Å². The van der Waals surface area contributed by atoms with Crippen molar-refractivity contribution >= 4 is 34.8 Å². The van der Waals surface area contributed by atoms with Crippen molar-refractivity contribution in [2.75, 3.05) is 5.32 Å². The maximum Gasteiger partial charge on any atom is 0.258 e. The number of carbonyl (C=O) groups excluding carboxylic acids is 1. The Morgan fingerprint density at radius 3 is 2.78 bits per heavy atom. The second-order valence-corrected chi connectivity index (χ2v) is 7.01. The number of hydrogen-bond acceptors (Lipinski definition) is 2. The average molecular weight is 348 g/mol. The lowest BCUT2D eigenvalue weighted by atomic mass is 9.90. The molecule has 2 atom stereocenters. The number of allylic oxidation sites excluding steroid dienone is 1. The number of rotatable bonds is 2. The molecule has 6 heteroatoms. The summed E-state index contributed by atoms with van der Waals surface area (Å²) >= 11 is 12.2. The molecule has 2 aliphatic rings. The molecular weight excluding hydrogens is 333 g/mol. The normalized spacial score (nSPS) is 21.4. The van der Waals surface area contributed by atoms with E-state index in [-0.39, 0.29) is 17.7 Å². The summed E-state index contributed by atoms with van der Waals surface area (Å²) in [6, 6.07) is 6.02. The largest absolute Gasteiger partial charge is 0.322 e. The smallest absolute Gasteiger partial charge is 0.258 e. The predicted molar refractivity (Wildman–Crippen MR) is 91.1 cm³/mol. The van der Waals surface area contributed by atoms with E-state index in [1.807, 2.05) is 12.1 Å². The molecule has 1 saturated carbocycles. The molecule has 1 heterocycles. The Morgan fingerprint density at radius 1 is 1.30 bits per heavy atom. The molecule has 1 amide bonds. The maximum absolute atomic E-state index is 12.4. The van der Waals surface area contributed by atoms with Gasteiger partial charge < -0.3 is 5.32 Å². The van der Waals surface area contributed by atoms with Crippen LogP contribution in [0.5, 0.6) is 0 Å². The molecule has 1 aromatic carbocycles. The van der Waals surface area contributed by atoms with Gasteiger partial charge in [-0.15, -0.1) is 0 Å². The van der Waals surface area contributed by atoms with Gasteiger partial charge in [0.15, 0.2) is 0 Å². The van der Waals surface area contributed by atoms with Crippen molar-refractivity contribution in [1.29, 1.82) is 0 Å². The van der Waals surface area contributed by atoms with Crippen LogP contribution in [0.4, 0.5) is 5.69 Å². The van der Waals surface area contributed by atoms with Crippen molar-refractivity contribution in [2.24, 2.45) is 7.05 Å². The number of aryl methyl sites for hydroxylation is 1. The van der Waals surface area contributed by atoms with Gasteiger partial charge in [-0.25, -0.2) is 0 Å². The van der Waals surface area contributed by atoms with Gasteiger partial charge in [0.1, 0.15) is 4.49 Å². The lowest BCUT2D eigenvalue weighted by Crippen LogP contribution is -2.14. The second-order valence-electron chi connectivity index (χ2n) is 6.06. The number of amides is 1. The number of carbonyl (C=O) groups is 1. The molecule has 2 aliphatic carbocycles. The highest BCUT2D eigenvalue weighted by Crippen LogP contribution is 2.60. The minimum Gasteiger partial charge on any atom is -0.322 e. The lowest BCUT2D eigenvalue weighted by molar-refractivity contribution is 0.102. The van der Waals surface area contributed by atoms with Crippen LogP contribution in [0.1, 0.15) is 46.2 Å². The molecule has 2 bridgehead atoms. The minimum absolute atomic E-state index is 0.156. The van der Waals surface area contributed by atoms with E-state index in [9.17, 15) is 4.79 Å². The van der Waals surface area contributed by atoms with Crippen LogP contribution in [-0.4, -0.2) is 15.7 Å². The maximum atomic E-state index is 12.4. The van der Waals surface area contributed by atoms with Crippen molar-refractivity contribution in [2.45, 2.75) is 24.7 Å². The number of fused-ring (bicyclic) bond motifs is 5. The number of aromatic nitrogens is 2. The number of nitrogens with zero attached hydrogens (tertiary/aromatic N) is 2. The molecule has 1 N–H and O–H groups in total. The number of halogens is 2. The molecule has 0 radical (unpaired) electrons. The topological polar surface area (TPSA) is 46.9 Å². The number of nitrogens with one attached hydrogen (secondary N) is 1. The molecule has 23 heavy (non-hydrogen) atoms. The molecule has 118 valence electrons. The Balaban J connectivity index is 1.71. The van der Waals surface area contributed by atoms with E-state index in [1.165, 1.54) is 5.56 Å². The fourth-order valence-corrected chi connectivity index (χ4v) is 4.42. The van der Waals surface area contributed by atoms with Gasteiger partial charge >= 0.3 is 0 Å². The molecule has 2 unspecified atom stereocenters. The Labute approximate surface area is 144 Å². The van der Waals surface area contributed by atoms with Crippen LogP contribution in [0.15, 0.2) is 40.7 Å². The van der Waals surface area contributed by atoms with Gasteiger partial charge in [0.05, 0.1) is 11.8 Å². The summed E-state index contributed by atoms with van der Waals surface area (Å²) in [5.74, 6) is 0.345. The lowest BCUT2D eigenvalue weighted by Gasteiger charge is -2.18. The molecule has 4 rings (SSSR count). The second kappa shape index (κ2) is 5.39. The van der Waals surface area contributed by atoms with E-state index in [2.05, 4.69) is 16.5 Å². The van der Waals surface area contributed by atoms with Crippen LogP contribution in [0.3, 0.4) is 0 Å². The third kappa shape index (κ3) is 2.28. The first-order valence-corrected chi connectivity index (χ1v) is 8.29. The van der Waals surface area contributed by atoms with Crippen LogP contribution in [-0.2, 0) is 7.05 Å². The van der Waals surface area contributed by atoms with Crippen LogP contribution >= 0.6 is 23.2 Å². The van der Waals surface area contributed by atoms with E-state index in [1.54, 1.807) is 24.1 Å². The Hall–Kier alpha value is -1.78. The molecule has 1 fully saturated rings. The summed E-state index contributed by atoms with van der Waals surface area (Å²) in [5, 5.41) is 7.05. The summed E-state index contributed by atoms with van der Waals surface area (Å²) < 4.78 is 1.98. The Morgan fingerprint density at radius 2 is 2.09 bits per heavy atom. The number of anilines is 1. The third-order valence-electron chi connectivity index (χ3n) is 4.79. The van der Waals surface area contributed by atoms with Gasteiger partial charge in [0.2, 0.25) is 0 Å². The van der Waals surface area contributed by atoms with Crippen LogP contribution < -0.4 is 5.32 Å². The fourth-order valence-electron chi connectivity index (χ4n) is 3.89. The fraction of sp³-hybridized carbons (Fsp3) is 0.294. The minimum atomic E-state index is -0.156. The first-order chi connectivity index (χ1) is 11.1. The molecule has 1 aromatic heterocycles. The van der Waals surface area contributed by atoms with Crippen LogP contribution in [0, 0.1) is 0 Å². The molecule has 2 aromatic rings. The number of benzene rings is 1. The SMILES string of the molecule is Cn1cc(C(=O)Nc2cccc3c2C2CCC3C2=C(Cl)Cl)cn1.